The molecule has 2 aromatic rings. The van der Waals surface area contributed by atoms with Gasteiger partial charge in [0, 0.05) is 37.8 Å². The minimum Gasteiger partial charge on any atom is -0.383 e. The fourth-order valence-electron chi connectivity index (χ4n) is 2.81. The van der Waals surface area contributed by atoms with Crippen molar-refractivity contribution in [1.82, 2.24) is 9.80 Å². The molecule has 1 atom stereocenters. The average Bonchev–Trinajstić information content (AvgIpc) is 2.61. The number of rotatable bonds is 9. The van der Waals surface area contributed by atoms with E-state index in [9.17, 15) is 0 Å². The molecule has 25 heavy (non-hydrogen) atoms. The van der Waals surface area contributed by atoms with Crippen molar-refractivity contribution >= 4 is 11.6 Å². The summed E-state index contributed by atoms with van der Waals surface area (Å²) in [4.78, 5) is 4.61. The van der Waals surface area contributed by atoms with Crippen molar-refractivity contribution in [2.45, 2.75) is 26.1 Å². The van der Waals surface area contributed by atoms with Gasteiger partial charge in [-0.15, -0.1) is 0 Å². The number of halogens is 1. The van der Waals surface area contributed by atoms with E-state index in [0.717, 1.165) is 30.2 Å². The molecule has 1 unspecified atom stereocenters. The van der Waals surface area contributed by atoms with Gasteiger partial charge in [-0.05, 0) is 43.8 Å². The van der Waals surface area contributed by atoms with Gasteiger partial charge in [0.05, 0.1) is 6.61 Å². The van der Waals surface area contributed by atoms with E-state index in [1.54, 1.807) is 7.11 Å². The molecule has 0 bridgehead atoms. The molecule has 2 rings (SSSR count). The largest absolute Gasteiger partial charge is 0.383 e. The van der Waals surface area contributed by atoms with Gasteiger partial charge in [0.15, 0.2) is 0 Å². The van der Waals surface area contributed by atoms with Crippen LogP contribution in [0.3, 0.4) is 0 Å². The van der Waals surface area contributed by atoms with E-state index >= 15 is 0 Å². The van der Waals surface area contributed by atoms with Crippen LogP contribution in [0.15, 0.2) is 48.5 Å². The lowest BCUT2D eigenvalue weighted by Gasteiger charge is -2.24. The quantitative estimate of drug-likeness (QED) is 0.649. The molecule has 3 nitrogen and oxygen atoms in total. The monoisotopic (exact) mass is 360 g/mol. The first-order valence-corrected chi connectivity index (χ1v) is 9.09. The molecule has 0 heterocycles. The number of hydrogen-bond donors (Lipinski definition) is 0. The van der Waals surface area contributed by atoms with E-state index in [0.29, 0.717) is 12.6 Å². The molecule has 136 valence electrons. The van der Waals surface area contributed by atoms with Crippen LogP contribution in [0.5, 0.6) is 0 Å². The van der Waals surface area contributed by atoms with Crippen LogP contribution in [-0.2, 0) is 17.8 Å². The van der Waals surface area contributed by atoms with Crippen molar-refractivity contribution in [1.29, 1.82) is 0 Å². The molecule has 0 radical (unpaired) electrons. The number of nitrogens with zero attached hydrogens (tertiary/aromatic N) is 2. The second-order valence-corrected chi connectivity index (χ2v) is 7.09. The lowest BCUT2D eigenvalue weighted by Crippen LogP contribution is -2.27. The Labute approximate surface area is 157 Å². The summed E-state index contributed by atoms with van der Waals surface area (Å²) >= 11 is 6.34. The number of benzene rings is 2. The van der Waals surface area contributed by atoms with Gasteiger partial charge < -0.3 is 9.64 Å². The van der Waals surface area contributed by atoms with E-state index in [1.165, 1.54) is 11.1 Å². The summed E-state index contributed by atoms with van der Waals surface area (Å²) in [5.41, 5.74) is 3.80. The second-order valence-electron chi connectivity index (χ2n) is 6.68. The number of hydrogen-bond acceptors (Lipinski definition) is 3. The molecule has 0 spiro atoms. The fourth-order valence-corrected chi connectivity index (χ4v) is 3.01. The van der Waals surface area contributed by atoms with Crippen molar-refractivity contribution in [2.24, 2.45) is 0 Å². The molecule has 0 aliphatic carbocycles. The van der Waals surface area contributed by atoms with Crippen LogP contribution < -0.4 is 0 Å². The van der Waals surface area contributed by atoms with Crippen LogP contribution in [-0.4, -0.2) is 44.2 Å². The van der Waals surface area contributed by atoms with Crippen LogP contribution in [0.4, 0.5) is 0 Å². The fraction of sp³-hybridized carbons (Fsp3) is 0.429. The smallest absolute Gasteiger partial charge is 0.0589 e. The normalized spacial score (nSPS) is 12.8. The van der Waals surface area contributed by atoms with E-state index < -0.39 is 0 Å². The van der Waals surface area contributed by atoms with Crippen LogP contribution in [0.1, 0.15) is 29.7 Å². The summed E-state index contributed by atoms with van der Waals surface area (Å²) in [6.45, 7) is 5.50. The first-order valence-electron chi connectivity index (χ1n) is 8.71. The van der Waals surface area contributed by atoms with Crippen molar-refractivity contribution < 1.29 is 4.74 Å². The molecule has 0 N–H and O–H groups in total. The van der Waals surface area contributed by atoms with Gasteiger partial charge in [-0.25, -0.2) is 0 Å². The van der Waals surface area contributed by atoms with Gasteiger partial charge in [-0.2, -0.15) is 0 Å². The first-order chi connectivity index (χ1) is 12.0. The zero-order valence-electron chi connectivity index (χ0n) is 15.7. The van der Waals surface area contributed by atoms with E-state index in [4.69, 9.17) is 16.3 Å². The highest BCUT2D eigenvalue weighted by Crippen LogP contribution is 2.21. The van der Waals surface area contributed by atoms with E-state index in [2.05, 4.69) is 61.2 Å². The standard InChI is InChI=1S/C21H29ClN2O/c1-17(23(2)3)19-10-7-8-18(14-19)15-24(12-13-25-4)16-20-9-5-6-11-21(20)22/h5-11,14,17H,12-13,15-16H2,1-4H3. The second kappa shape index (κ2) is 9.93. The molecule has 0 saturated heterocycles. The van der Waals surface area contributed by atoms with Gasteiger partial charge in [-0.1, -0.05) is 54.1 Å². The third kappa shape index (κ3) is 6.12. The maximum Gasteiger partial charge on any atom is 0.0589 e. The molecule has 0 fully saturated rings. The molecule has 0 amide bonds. The summed E-state index contributed by atoms with van der Waals surface area (Å²) in [7, 11) is 5.96. The third-order valence-corrected chi connectivity index (χ3v) is 4.95. The third-order valence-electron chi connectivity index (χ3n) is 4.58. The lowest BCUT2D eigenvalue weighted by molar-refractivity contribution is 0.140. The van der Waals surface area contributed by atoms with Gasteiger partial charge in [0.25, 0.3) is 0 Å². The Hall–Kier alpha value is -1.39. The Morgan fingerprint density at radius 3 is 2.48 bits per heavy atom. The summed E-state index contributed by atoms with van der Waals surface area (Å²) < 4.78 is 5.29. The molecule has 0 aliphatic heterocycles. The molecule has 0 aliphatic rings. The van der Waals surface area contributed by atoms with Gasteiger partial charge >= 0.3 is 0 Å². The van der Waals surface area contributed by atoms with Gasteiger partial charge in [0.1, 0.15) is 0 Å². The Balaban J connectivity index is 2.14. The lowest BCUT2D eigenvalue weighted by atomic mass is 10.0. The topological polar surface area (TPSA) is 15.7 Å². The highest BCUT2D eigenvalue weighted by Gasteiger charge is 2.12. The summed E-state index contributed by atoms with van der Waals surface area (Å²) in [5.74, 6) is 0. The average molecular weight is 361 g/mol. The van der Waals surface area contributed by atoms with Crippen LogP contribution >= 0.6 is 11.6 Å². The van der Waals surface area contributed by atoms with E-state index in [1.807, 2.05) is 18.2 Å². The maximum atomic E-state index is 6.34. The first kappa shape index (κ1) is 19.9. The highest BCUT2D eigenvalue weighted by atomic mass is 35.5. The number of methoxy groups -OCH3 is 1. The zero-order valence-corrected chi connectivity index (χ0v) is 16.5. The van der Waals surface area contributed by atoms with Gasteiger partial charge in [-0.3, -0.25) is 4.90 Å². The Morgan fingerprint density at radius 1 is 1.04 bits per heavy atom. The van der Waals surface area contributed by atoms with Crippen LogP contribution in [0.25, 0.3) is 0 Å². The molecule has 2 aromatic carbocycles. The minimum atomic E-state index is 0.399. The summed E-state index contributed by atoms with van der Waals surface area (Å²) in [5, 5.41) is 0.819. The molecular formula is C21H29ClN2O. The predicted molar refractivity (Wildman–Crippen MR) is 106 cm³/mol. The van der Waals surface area contributed by atoms with Crippen molar-refractivity contribution in [3.63, 3.8) is 0 Å². The SMILES string of the molecule is COCCN(Cc1cccc(C(C)N(C)C)c1)Cc1ccccc1Cl. The van der Waals surface area contributed by atoms with Gasteiger partial charge in [0.2, 0.25) is 0 Å². The highest BCUT2D eigenvalue weighted by molar-refractivity contribution is 6.31. The van der Waals surface area contributed by atoms with E-state index in [-0.39, 0.29) is 0 Å². The Kier molecular flexibility index (Phi) is 7.91. The number of ether oxygens (including phenoxy) is 1. The maximum absolute atomic E-state index is 6.34. The van der Waals surface area contributed by atoms with Crippen molar-refractivity contribution in [3.8, 4) is 0 Å². The Morgan fingerprint density at radius 2 is 1.80 bits per heavy atom. The summed E-state index contributed by atoms with van der Waals surface area (Å²) in [6.07, 6.45) is 0. The summed E-state index contributed by atoms with van der Waals surface area (Å²) in [6, 6.07) is 17.3. The predicted octanol–water partition coefficient (Wildman–Crippen LogP) is 4.61. The van der Waals surface area contributed by atoms with Crippen LogP contribution in [0.2, 0.25) is 5.02 Å². The zero-order chi connectivity index (χ0) is 18.2. The minimum absolute atomic E-state index is 0.399. The van der Waals surface area contributed by atoms with Crippen LogP contribution in [0, 0.1) is 0 Å². The van der Waals surface area contributed by atoms with Crippen molar-refractivity contribution in [3.05, 3.63) is 70.2 Å². The molecule has 0 aromatic heterocycles. The molecular weight excluding hydrogens is 332 g/mol. The Bertz CT molecular complexity index is 660. The molecule has 4 heteroatoms. The molecule has 0 saturated carbocycles. The van der Waals surface area contributed by atoms with Crippen molar-refractivity contribution in [2.75, 3.05) is 34.4 Å².